The molecular formula is C18H18N2O4. The Labute approximate surface area is 139 Å². The van der Waals surface area contributed by atoms with Crippen LogP contribution in [0, 0.1) is 0 Å². The van der Waals surface area contributed by atoms with Gasteiger partial charge in [0.05, 0.1) is 11.3 Å². The Morgan fingerprint density at radius 3 is 2.54 bits per heavy atom. The number of ether oxygens (including phenoxy) is 2. The van der Waals surface area contributed by atoms with Gasteiger partial charge < -0.3 is 20.1 Å². The third-order valence-electron chi connectivity index (χ3n) is 3.47. The molecule has 0 fully saturated rings. The third-order valence-corrected chi connectivity index (χ3v) is 3.47. The molecule has 2 aromatic rings. The highest BCUT2D eigenvalue weighted by Gasteiger charge is 2.18. The highest BCUT2D eigenvalue weighted by molar-refractivity contribution is 6.09. The molecule has 6 nitrogen and oxygen atoms in total. The predicted molar refractivity (Wildman–Crippen MR) is 89.6 cm³/mol. The number of hydrogen-bond acceptors (Lipinski definition) is 4. The van der Waals surface area contributed by atoms with E-state index in [0.29, 0.717) is 28.3 Å². The van der Waals surface area contributed by atoms with Crippen molar-refractivity contribution in [2.75, 3.05) is 12.1 Å². The lowest BCUT2D eigenvalue weighted by Gasteiger charge is -2.13. The Morgan fingerprint density at radius 1 is 1.00 bits per heavy atom. The van der Waals surface area contributed by atoms with Crippen molar-refractivity contribution in [2.45, 2.75) is 19.9 Å². The summed E-state index contributed by atoms with van der Waals surface area (Å²) in [6.07, 6.45) is 0. The zero-order chi connectivity index (χ0) is 17.1. The molecule has 6 heteroatoms. The summed E-state index contributed by atoms with van der Waals surface area (Å²) in [4.78, 5) is 24.7. The molecular weight excluding hydrogens is 308 g/mol. The Morgan fingerprint density at radius 2 is 1.75 bits per heavy atom. The first-order valence-electron chi connectivity index (χ1n) is 7.65. The molecule has 0 saturated heterocycles. The molecule has 1 heterocycles. The topological polar surface area (TPSA) is 76.7 Å². The van der Waals surface area contributed by atoms with Crippen LogP contribution in [0.25, 0.3) is 0 Å². The molecule has 2 aromatic carbocycles. The van der Waals surface area contributed by atoms with E-state index < -0.39 is 0 Å². The SMILES string of the molecule is CC(C)NC(=O)c1ccccc1NC(=O)c1ccc2c(c1)OCO2. The number of amides is 2. The summed E-state index contributed by atoms with van der Waals surface area (Å²) in [5.74, 6) is 0.599. The van der Waals surface area contributed by atoms with Crippen LogP contribution in [-0.2, 0) is 0 Å². The first-order valence-corrected chi connectivity index (χ1v) is 7.65. The second kappa shape index (κ2) is 6.62. The number of carbonyl (C=O) groups excluding carboxylic acids is 2. The van der Waals surface area contributed by atoms with Crippen molar-refractivity contribution in [3.63, 3.8) is 0 Å². The Balaban J connectivity index is 1.81. The summed E-state index contributed by atoms with van der Waals surface area (Å²) in [6, 6.07) is 11.9. The normalized spacial score (nSPS) is 12.1. The second-order valence-corrected chi connectivity index (χ2v) is 5.70. The van der Waals surface area contributed by atoms with Crippen LogP contribution in [-0.4, -0.2) is 24.6 Å². The average molecular weight is 326 g/mol. The average Bonchev–Trinajstić information content (AvgIpc) is 3.02. The van der Waals surface area contributed by atoms with Gasteiger partial charge in [-0.15, -0.1) is 0 Å². The molecule has 0 atom stereocenters. The molecule has 0 bridgehead atoms. The van der Waals surface area contributed by atoms with Crippen molar-refractivity contribution in [1.29, 1.82) is 0 Å². The van der Waals surface area contributed by atoms with Gasteiger partial charge in [0.1, 0.15) is 0 Å². The van der Waals surface area contributed by atoms with Crippen LogP contribution in [0.1, 0.15) is 34.6 Å². The number of anilines is 1. The van der Waals surface area contributed by atoms with Crippen molar-refractivity contribution in [3.05, 3.63) is 53.6 Å². The van der Waals surface area contributed by atoms with Gasteiger partial charge in [0.25, 0.3) is 11.8 Å². The lowest BCUT2D eigenvalue weighted by Crippen LogP contribution is -2.31. The summed E-state index contributed by atoms with van der Waals surface area (Å²) in [5.41, 5.74) is 1.30. The molecule has 0 saturated carbocycles. The fraction of sp³-hybridized carbons (Fsp3) is 0.222. The largest absolute Gasteiger partial charge is 0.454 e. The molecule has 1 aliphatic rings. The number of nitrogens with one attached hydrogen (secondary N) is 2. The number of fused-ring (bicyclic) bond motifs is 1. The molecule has 1 aliphatic heterocycles. The number of para-hydroxylation sites is 1. The summed E-state index contributed by atoms with van der Waals surface area (Å²) >= 11 is 0. The molecule has 0 unspecified atom stereocenters. The fourth-order valence-corrected chi connectivity index (χ4v) is 2.36. The van der Waals surface area contributed by atoms with Crippen LogP contribution in [0.3, 0.4) is 0 Å². The smallest absolute Gasteiger partial charge is 0.255 e. The molecule has 2 N–H and O–H groups in total. The van der Waals surface area contributed by atoms with Crippen molar-refractivity contribution >= 4 is 17.5 Å². The molecule has 0 spiro atoms. The van der Waals surface area contributed by atoms with E-state index in [0.717, 1.165) is 0 Å². The van der Waals surface area contributed by atoms with Gasteiger partial charge in [0, 0.05) is 11.6 Å². The van der Waals surface area contributed by atoms with Gasteiger partial charge in [-0.3, -0.25) is 9.59 Å². The zero-order valence-corrected chi connectivity index (χ0v) is 13.5. The first kappa shape index (κ1) is 15.9. The summed E-state index contributed by atoms with van der Waals surface area (Å²) in [5, 5.41) is 5.60. The molecule has 3 rings (SSSR count). The van der Waals surface area contributed by atoms with Crippen LogP contribution in [0.2, 0.25) is 0 Å². The Bertz CT molecular complexity index is 786. The highest BCUT2D eigenvalue weighted by Crippen LogP contribution is 2.32. The monoisotopic (exact) mass is 326 g/mol. The lowest BCUT2D eigenvalue weighted by atomic mass is 10.1. The van der Waals surface area contributed by atoms with E-state index >= 15 is 0 Å². The van der Waals surface area contributed by atoms with Gasteiger partial charge in [-0.1, -0.05) is 12.1 Å². The van der Waals surface area contributed by atoms with E-state index in [1.54, 1.807) is 42.5 Å². The zero-order valence-electron chi connectivity index (χ0n) is 13.5. The standard InChI is InChI=1S/C18H18N2O4/c1-11(2)19-18(22)13-5-3-4-6-14(13)20-17(21)12-7-8-15-16(9-12)24-10-23-15/h3-9,11H,10H2,1-2H3,(H,19,22)(H,20,21). The maximum Gasteiger partial charge on any atom is 0.255 e. The van der Waals surface area contributed by atoms with Gasteiger partial charge in [-0.2, -0.15) is 0 Å². The summed E-state index contributed by atoms with van der Waals surface area (Å²) < 4.78 is 10.5. The summed E-state index contributed by atoms with van der Waals surface area (Å²) in [7, 11) is 0. The van der Waals surface area contributed by atoms with Gasteiger partial charge in [-0.05, 0) is 44.2 Å². The first-order chi connectivity index (χ1) is 11.5. The molecule has 0 aromatic heterocycles. The second-order valence-electron chi connectivity index (χ2n) is 5.70. The van der Waals surface area contributed by atoms with Crippen molar-refractivity contribution in [3.8, 4) is 11.5 Å². The van der Waals surface area contributed by atoms with E-state index in [1.807, 2.05) is 13.8 Å². The Hall–Kier alpha value is -3.02. The fourth-order valence-electron chi connectivity index (χ4n) is 2.36. The third kappa shape index (κ3) is 3.32. The number of carbonyl (C=O) groups is 2. The van der Waals surface area contributed by atoms with Crippen LogP contribution in [0.5, 0.6) is 11.5 Å². The van der Waals surface area contributed by atoms with E-state index in [-0.39, 0.29) is 24.6 Å². The molecule has 2 amide bonds. The summed E-state index contributed by atoms with van der Waals surface area (Å²) in [6.45, 7) is 3.91. The van der Waals surface area contributed by atoms with Gasteiger partial charge in [-0.25, -0.2) is 0 Å². The number of benzene rings is 2. The molecule has 24 heavy (non-hydrogen) atoms. The van der Waals surface area contributed by atoms with Crippen molar-refractivity contribution in [2.24, 2.45) is 0 Å². The molecule has 124 valence electrons. The van der Waals surface area contributed by atoms with Crippen molar-refractivity contribution in [1.82, 2.24) is 5.32 Å². The van der Waals surface area contributed by atoms with Crippen LogP contribution in [0.4, 0.5) is 5.69 Å². The number of hydrogen-bond donors (Lipinski definition) is 2. The minimum absolute atomic E-state index is 0.00937. The van der Waals surface area contributed by atoms with E-state index in [2.05, 4.69) is 10.6 Å². The van der Waals surface area contributed by atoms with Crippen LogP contribution >= 0.6 is 0 Å². The number of rotatable bonds is 4. The minimum Gasteiger partial charge on any atom is -0.454 e. The highest BCUT2D eigenvalue weighted by atomic mass is 16.7. The van der Waals surface area contributed by atoms with Gasteiger partial charge >= 0.3 is 0 Å². The maximum absolute atomic E-state index is 12.5. The van der Waals surface area contributed by atoms with E-state index in [4.69, 9.17) is 9.47 Å². The lowest BCUT2D eigenvalue weighted by molar-refractivity contribution is 0.0944. The van der Waals surface area contributed by atoms with Crippen LogP contribution < -0.4 is 20.1 Å². The molecule has 0 radical (unpaired) electrons. The van der Waals surface area contributed by atoms with Crippen molar-refractivity contribution < 1.29 is 19.1 Å². The van der Waals surface area contributed by atoms with E-state index in [1.165, 1.54) is 0 Å². The van der Waals surface area contributed by atoms with Gasteiger partial charge in [0.15, 0.2) is 11.5 Å². The predicted octanol–water partition coefficient (Wildman–Crippen LogP) is 2.81. The van der Waals surface area contributed by atoms with E-state index in [9.17, 15) is 9.59 Å². The van der Waals surface area contributed by atoms with Crippen LogP contribution in [0.15, 0.2) is 42.5 Å². The quantitative estimate of drug-likeness (QED) is 0.906. The van der Waals surface area contributed by atoms with Gasteiger partial charge in [0.2, 0.25) is 6.79 Å². The molecule has 0 aliphatic carbocycles. The minimum atomic E-state index is -0.321. The Kier molecular flexibility index (Phi) is 4.37. The maximum atomic E-state index is 12.5.